The maximum absolute atomic E-state index is 9.10. The second-order valence-corrected chi connectivity index (χ2v) is 2.46. The van der Waals surface area contributed by atoms with Crippen LogP contribution >= 0.6 is 0 Å². The Bertz CT molecular complexity index is 65.3. The Morgan fingerprint density at radius 1 is 1.44 bits per heavy atom. The molecule has 56 valence electrons. The van der Waals surface area contributed by atoms with E-state index in [-0.39, 0.29) is 13.7 Å². The van der Waals surface area contributed by atoms with Gasteiger partial charge in [0.25, 0.3) is 0 Å². The molecule has 0 bridgehead atoms. The second-order valence-electron chi connectivity index (χ2n) is 2.46. The summed E-state index contributed by atoms with van der Waals surface area (Å²) in [5.41, 5.74) is 0. The van der Waals surface area contributed by atoms with E-state index in [1.165, 1.54) is 12.8 Å². The Kier molecular flexibility index (Phi) is 3.82. The summed E-state index contributed by atoms with van der Waals surface area (Å²) in [4.78, 5) is 1.99. The number of rotatable bonds is 0. The average molecular weight is 131 g/mol. The molecule has 9 heavy (non-hydrogen) atoms. The molecule has 1 rings (SSSR count). The minimum absolute atomic E-state index is 0. The third-order valence-corrected chi connectivity index (χ3v) is 1.73. The lowest BCUT2D eigenvalue weighted by molar-refractivity contribution is -0.00577. The van der Waals surface area contributed by atoms with Gasteiger partial charge in [-0.25, -0.2) is 0 Å². The van der Waals surface area contributed by atoms with Gasteiger partial charge >= 0.3 is 0 Å². The van der Waals surface area contributed by atoms with Crippen LogP contribution in [0.5, 0.6) is 0 Å². The number of nitrogens with zero attached hydrogens (tertiary/aromatic N) is 1. The molecule has 1 heterocycles. The highest BCUT2D eigenvalue weighted by Crippen LogP contribution is 2.11. The van der Waals surface area contributed by atoms with Crippen molar-refractivity contribution >= 4 is 0 Å². The zero-order chi connectivity index (χ0) is 5.98. The van der Waals surface area contributed by atoms with Crippen molar-refractivity contribution < 1.29 is 5.11 Å². The first kappa shape index (κ1) is 8.92. The molecule has 0 saturated carbocycles. The van der Waals surface area contributed by atoms with E-state index in [1.54, 1.807) is 0 Å². The normalized spacial score (nSPS) is 29.3. The summed E-state index contributed by atoms with van der Waals surface area (Å²) in [7, 11) is 1.96. The van der Waals surface area contributed by atoms with E-state index in [2.05, 4.69) is 0 Å². The summed E-state index contributed by atoms with van der Waals surface area (Å²) < 4.78 is 0. The van der Waals surface area contributed by atoms with Gasteiger partial charge in [0.1, 0.15) is 6.23 Å². The average Bonchev–Trinajstić information content (AvgIpc) is 1.77. The van der Waals surface area contributed by atoms with Gasteiger partial charge in [0, 0.05) is 6.54 Å². The Balaban J connectivity index is 0.000000640. The predicted molar refractivity (Wildman–Crippen MR) is 39.2 cm³/mol. The fourth-order valence-corrected chi connectivity index (χ4v) is 1.06. The maximum atomic E-state index is 9.10. The van der Waals surface area contributed by atoms with Gasteiger partial charge < -0.3 is 5.11 Å². The summed E-state index contributed by atoms with van der Waals surface area (Å²) in [6.07, 6.45) is 3.22. The lowest BCUT2D eigenvalue weighted by Gasteiger charge is -2.27. The summed E-state index contributed by atoms with van der Waals surface area (Å²) >= 11 is 0. The summed E-state index contributed by atoms with van der Waals surface area (Å²) in [5.74, 6) is 0. The molecule has 1 aliphatic heterocycles. The fourth-order valence-electron chi connectivity index (χ4n) is 1.06. The molecule has 1 atom stereocenters. The van der Waals surface area contributed by atoms with E-state index in [0.29, 0.717) is 0 Å². The zero-order valence-electron chi connectivity index (χ0n) is 5.30. The molecule has 1 fully saturated rings. The van der Waals surface area contributed by atoms with Crippen molar-refractivity contribution in [3.63, 3.8) is 0 Å². The topological polar surface area (TPSA) is 23.5 Å². The highest BCUT2D eigenvalue weighted by molar-refractivity contribution is 4.63. The van der Waals surface area contributed by atoms with Crippen LogP contribution in [-0.4, -0.2) is 29.8 Å². The van der Waals surface area contributed by atoms with Gasteiger partial charge in [0.15, 0.2) is 0 Å². The molecule has 1 aliphatic rings. The smallest absolute Gasteiger partial charge is 0.107 e. The molecule has 0 spiro atoms. The van der Waals surface area contributed by atoms with Crippen LogP contribution in [0.1, 0.15) is 26.7 Å². The maximum Gasteiger partial charge on any atom is 0.107 e. The highest BCUT2D eigenvalue weighted by Gasteiger charge is 2.14. The van der Waals surface area contributed by atoms with Gasteiger partial charge in [-0.2, -0.15) is 0 Å². The third-order valence-electron chi connectivity index (χ3n) is 1.73. The van der Waals surface area contributed by atoms with Crippen molar-refractivity contribution in [2.45, 2.75) is 32.9 Å². The minimum Gasteiger partial charge on any atom is -0.378 e. The molecule has 1 N–H and O–H groups in total. The quantitative estimate of drug-likeness (QED) is 0.531. The van der Waals surface area contributed by atoms with Gasteiger partial charge in [0.2, 0.25) is 0 Å². The van der Waals surface area contributed by atoms with Gasteiger partial charge in [-0.15, -0.1) is 0 Å². The number of likely N-dealkylation sites (tertiary alicyclic amines) is 1. The third kappa shape index (κ3) is 2.33. The summed E-state index contributed by atoms with van der Waals surface area (Å²) in [5, 5.41) is 9.10. The largest absolute Gasteiger partial charge is 0.378 e. The zero-order valence-corrected chi connectivity index (χ0v) is 5.30. The van der Waals surface area contributed by atoms with Crippen LogP contribution in [0.2, 0.25) is 0 Å². The van der Waals surface area contributed by atoms with E-state index >= 15 is 0 Å². The fraction of sp³-hybridized carbons (Fsp3) is 1.00. The highest BCUT2D eigenvalue weighted by atomic mass is 16.3. The van der Waals surface area contributed by atoms with E-state index < -0.39 is 0 Å². The van der Waals surface area contributed by atoms with Crippen molar-refractivity contribution in [1.82, 2.24) is 4.90 Å². The van der Waals surface area contributed by atoms with Gasteiger partial charge in [0.05, 0.1) is 0 Å². The minimum atomic E-state index is -0.163. The van der Waals surface area contributed by atoms with Crippen molar-refractivity contribution in [2.75, 3.05) is 13.6 Å². The van der Waals surface area contributed by atoms with E-state index in [1.807, 2.05) is 11.9 Å². The van der Waals surface area contributed by atoms with Crippen molar-refractivity contribution in [3.8, 4) is 0 Å². The SMILES string of the molecule is C.CN1CCCCC1O. The number of hydrogen-bond donors (Lipinski definition) is 1. The second kappa shape index (κ2) is 3.85. The molecular formula is C7H17NO. The molecule has 1 saturated heterocycles. The molecule has 0 aliphatic carbocycles. The van der Waals surface area contributed by atoms with E-state index in [9.17, 15) is 0 Å². The summed E-state index contributed by atoms with van der Waals surface area (Å²) in [6.45, 7) is 1.06. The standard InChI is InChI=1S/C6H13NO.CH4/c1-7-5-3-2-4-6(7)8;/h6,8H,2-5H2,1H3;1H4. The molecule has 0 aromatic heterocycles. The van der Waals surface area contributed by atoms with Crippen LogP contribution in [0.4, 0.5) is 0 Å². The van der Waals surface area contributed by atoms with Crippen LogP contribution in [-0.2, 0) is 0 Å². The molecule has 0 radical (unpaired) electrons. The van der Waals surface area contributed by atoms with Crippen LogP contribution in [0.15, 0.2) is 0 Å². The molecule has 1 unspecified atom stereocenters. The Hall–Kier alpha value is -0.0800. The van der Waals surface area contributed by atoms with Crippen LogP contribution < -0.4 is 0 Å². The monoisotopic (exact) mass is 131 g/mol. The molecule has 0 amide bonds. The van der Waals surface area contributed by atoms with Crippen molar-refractivity contribution in [1.29, 1.82) is 0 Å². The van der Waals surface area contributed by atoms with E-state index in [4.69, 9.17) is 5.11 Å². The number of aliphatic hydroxyl groups is 1. The first-order valence-corrected chi connectivity index (χ1v) is 3.19. The van der Waals surface area contributed by atoms with E-state index in [0.717, 1.165) is 13.0 Å². The molecular weight excluding hydrogens is 114 g/mol. The van der Waals surface area contributed by atoms with Crippen LogP contribution in [0.25, 0.3) is 0 Å². The first-order chi connectivity index (χ1) is 3.80. The number of hydrogen-bond acceptors (Lipinski definition) is 2. The number of aliphatic hydroxyl groups excluding tert-OH is 1. The molecule has 2 heteroatoms. The van der Waals surface area contributed by atoms with Gasteiger partial charge in [-0.05, 0) is 26.3 Å². The van der Waals surface area contributed by atoms with Crippen molar-refractivity contribution in [3.05, 3.63) is 0 Å². The molecule has 0 aromatic rings. The number of piperidine rings is 1. The lowest BCUT2D eigenvalue weighted by atomic mass is 10.1. The Labute approximate surface area is 57.5 Å². The first-order valence-electron chi connectivity index (χ1n) is 3.19. The summed E-state index contributed by atoms with van der Waals surface area (Å²) in [6, 6.07) is 0. The van der Waals surface area contributed by atoms with Crippen LogP contribution in [0, 0.1) is 0 Å². The van der Waals surface area contributed by atoms with Gasteiger partial charge in [-0.1, -0.05) is 7.43 Å². The predicted octanol–water partition coefficient (Wildman–Crippen LogP) is 1.06. The molecule has 2 nitrogen and oxygen atoms in total. The Morgan fingerprint density at radius 3 is 2.44 bits per heavy atom. The van der Waals surface area contributed by atoms with Crippen LogP contribution in [0.3, 0.4) is 0 Å². The van der Waals surface area contributed by atoms with Crippen molar-refractivity contribution in [2.24, 2.45) is 0 Å². The Morgan fingerprint density at radius 2 is 2.11 bits per heavy atom. The molecule has 0 aromatic carbocycles. The lowest BCUT2D eigenvalue weighted by Crippen LogP contribution is -2.35. The van der Waals surface area contributed by atoms with Gasteiger partial charge in [-0.3, -0.25) is 4.90 Å².